The van der Waals surface area contributed by atoms with Crippen LogP contribution in [0.3, 0.4) is 0 Å². The Labute approximate surface area is 127 Å². The van der Waals surface area contributed by atoms with Crippen LogP contribution in [0.4, 0.5) is 4.39 Å². The maximum Gasteiger partial charge on any atom is 0.255 e. The van der Waals surface area contributed by atoms with E-state index < -0.39 is 0 Å². The molecule has 0 saturated carbocycles. The third-order valence-electron chi connectivity index (χ3n) is 2.68. The van der Waals surface area contributed by atoms with Gasteiger partial charge in [0.1, 0.15) is 17.9 Å². The summed E-state index contributed by atoms with van der Waals surface area (Å²) in [5.74, 6) is 0.932. The van der Waals surface area contributed by atoms with Crippen molar-refractivity contribution in [1.82, 2.24) is 19.6 Å². The summed E-state index contributed by atoms with van der Waals surface area (Å²) < 4.78 is 25.8. The Hall–Kier alpha value is -2.06. The Kier molecular flexibility index (Phi) is 3.80. The molecule has 0 unspecified atom stereocenters. The highest BCUT2D eigenvalue weighted by atomic mass is 79.9. The molecular formula is C13H10BrFN4O2. The monoisotopic (exact) mass is 352 g/mol. The van der Waals surface area contributed by atoms with E-state index in [0.29, 0.717) is 34.2 Å². The fraction of sp³-hybridized carbons (Fsp3) is 0.154. The molecule has 0 aliphatic carbocycles. The van der Waals surface area contributed by atoms with Gasteiger partial charge in [-0.1, -0.05) is 0 Å². The molecule has 6 nitrogen and oxygen atoms in total. The lowest BCUT2D eigenvalue weighted by atomic mass is 10.3. The van der Waals surface area contributed by atoms with Crippen LogP contribution in [0.2, 0.25) is 0 Å². The molecule has 0 aliphatic heterocycles. The van der Waals surface area contributed by atoms with E-state index in [0.717, 1.165) is 0 Å². The van der Waals surface area contributed by atoms with E-state index >= 15 is 0 Å². The molecule has 0 spiro atoms. The highest BCUT2D eigenvalue weighted by Crippen LogP contribution is 2.26. The maximum absolute atomic E-state index is 13.2. The molecule has 0 aliphatic rings. The summed E-state index contributed by atoms with van der Waals surface area (Å²) in [6.45, 7) is 0.326. The predicted molar refractivity (Wildman–Crippen MR) is 75.7 cm³/mol. The number of methoxy groups -OCH3 is 1. The zero-order valence-electron chi connectivity index (χ0n) is 11.0. The number of fused-ring (bicyclic) bond motifs is 1. The molecule has 0 fully saturated rings. The molecule has 0 amide bonds. The molecule has 2 heterocycles. The Morgan fingerprint density at radius 3 is 2.95 bits per heavy atom. The van der Waals surface area contributed by atoms with Gasteiger partial charge in [-0.15, -0.1) is 0 Å². The molecule has 21 heavy (non-hydrogen) atoms. The van der Waals surface area contributed by atoms with Gasteiger partial charge in [0.25, 0.3) is 5.78 Å². The van der Waals surface area contributed by atoms with Gasteiger partial charge in [0, 0.05) is 13.2 Å². The molecule has 0 atom stereocenters. The van der Waals surface area contributed by atoms with Crippen LogP contribution in [0.5, 0.6) is 11.6 Å². The summed E-state index contributed by atoms with van der Waals surface area (Å²) in [5, 5.41) is 4.05. The summed E-state index contributed by atoms with van der Waals surface area (Å²) in [4.78, 5) is 8.31. The number of halogens is 2. The number of rotatable bonds is 4. The van der Waals surface area contributed by atoms with Gasteiger partial charge in [-0.25, -0.2) is 9.37 Å². The molecule has 3 rings (SSSR count). The van der Waals surface area contributed by atoms with Crippen molar-refractivity contribution in [3.63, 3.8) is 0 Å². The lowest BCUT2D eigenvalue weighted by Gasteiger charge is -2.09. The van der Waals surface area contributed by atoms with Gasteiger partial charge in [-0.05, 0) is 34.1 Å². The SMILES string of the molecule is COCc1cc(Oc2ccc(F)c(Br)c2)n2ncnc2n1. The minimum absolute atomic E-state index is 0.320. The van der Waals surface area contributed by atoms with Crippen LogP contribution < -0.4 is 4.74 Å². The predicted octanol–water partition coefficient (Wildman–Crippen LogP) is 2.96. The smallest absolute Gasteiger partial charge is 0.255 e. The minimum atomic E-state index is -0.358. The second kappa shape index (κ2) is 5.74. The first-order valence-electron chi connectivity index (χ1n) is 5.99. The van der Waals surface area contributed by atoms with Gasteiger partial charge in [-0.3, -0.25) is 0 Å². The van der Waals surface area contributed by atoms with Crippen LogP contribution in [0, 0.1) is 5.82 Å². The van der Waals surface area contributed by atoms with E-state index in [4.69, 9.17) is 9.47 Å². The fourth-order valence-electron chi connectivity index (χ4n) is 1.79. The molecule has 2 aromatic heterocycles. The second-order valence-electron chi connectivity index (χ2n) is 4.17. The van der Waals surface area contributed by atoms with Crippen molar-refractivity contribution in [3.05, 3.63) is 46.6 Å². The van der Waals surface area contributed by atoms with E-state index in [-0.39, 0.29) is 5.82 Å². The van der Waals surface area contributed by atoms with Gasteiger partial charge in [0.05, 0.1) is 16.8 Å². The van der Waals surface area contributed by atoms with Crippen molar-refractivity contribution in [2.75, 3.05) is 7.11 Å². The van der Waals surface area contributed by atoms with Crippen molar-refractivity contribution >= 4 is 21.7 Å². The molecule has 1 aromatic carbocycles. The average Bonchev–Trinajstić information content (AvgIpc) is 2.92. The van der Waals surface area contributed by atoms with Gasteiger partial charge in [0.15, 0.2) is 0 Å². The first-order valence-corrected chi connectivity index (χ1v) is 6.78. The Bertz CT molecular complexity index is 793. The van der Waals surface area contributed by atoms with Crippen LogP contribution >= 0.6 is 15.9 Å². The summed E-state index contributed by atoms with van der Waals surface area (Å²) in [6, 6.07) is 6.07. The van der Waals surface area contributed by atoms with Crippen molar-refractivity contribution in [2.24, 2.45) is 0 Å². The Morgan fingerprint density at radius 1 is 1.33 bits per heavy atom. The summed E-state index contributed by atoms with van der Waals surface area (Å²) in [5.41, 5.74) is 0.661. The highest BCUT2D eigenvalue weighted by molar-refractivity contribution is 9.10. The first kappa shape index (κ1) is 13.9. The van der Waals surface area contributed by atoms with Crippen LogP contribution in [0.15, 0.2) is 35.1 Å². The number of hydrogen-bond acceptors (Lipinski definition) is 5. The second-order valence-corrected chi connectivity index (χ2v) is 5.02. The van der Waals surface area contributed by atoms with E-state index in [1.807, 2.05) is 0 Å². The number of nitrogens with zero attached hydrogens (tertiary/aromatic N) is 4. The van der Waals surface area contributed by atoms with Crippen LogP contribution in [-0.2, 0) is 11.3 Å². The molecule has 108 valence electrons. The fourth-order valence-corrected chi connectivity index (χ4v) is 2.14. The van der Waals surface area contributed by atoms with Crippen LogP contribution in [0.1, 0.15) is 5.69 Å². The van der Waals surface area contributed by atoms with Gasteiger partial charge in [0.2, 0.25) is 5.88 Å². The number of aromatic nitrogens is 4. The normalized spacial score (nSPS) is 11.0. The zero-order chi connectivity index (χ0) is 14.8. The largest absolute Gasteiger partial charge is 0.439 e. The van der Waals surface area contributed by atoms with Crippen molar-refractivity contribution in [1.29, 1.82) is 0 Å². The quantitative estimate of drug-likeness (QED) is 0.722. The molecule has 8 heteroatoms. The highest BCUT2D eigenvalue weighted by Gasteiger charge is 2.10. The molecule has 0 saturated heterocycles. The minimum Gasteiger partial charge on any atom is -0.439 e. The first-order chi connectivity index (χ1) is 10.2. The lowest BCUT2D eigenvalue weighted by molar-refractivity contribution is 0.181. The van der Waals surface area contributed by atoms with Crippen LogP contribution in [-0.4, -0.2) is 26.7 Å². The molecule has 0 radical (unpaired) electrons. The number of hydrogen-bond donors (Lipinski definition) is 0. The van der Waals surface area contributed by atoms with Gasteiger partial charge < -0.3 is 9.47 Å². The summed E-state index contributed by atoms with van der Waals surface area (Å²) in [7, 11) is 1.58. The van der Waals surface area contributed by atoms with Crippen molar-refractivity contribution in [3.8, 4) is 11.6 Å². The standard InChI is InChI=1S/C13H10BrFN4O2/c1-20-6-8-4-12(19-13(18-8)16-7-17-19)21-9-2-3-11(15)10(14)5-9/h2-5,7H,6H2,1H3. The van der Waals surface area contributed by atoms with Gasteiger partial charge in [-0.2, -0.15) is 14.6 Å². The van der Waals surface area contributed by atoms with E-state index in [9.17, 15) is 4.39 Å². The Balaban J connectivity index is 2.01. The molecular weight excluding hydrogens is 343 g/mol. The zero-order valence-corrected chi connectivity index (χ0v) is 12.5. The van der Waals surface area contributed by atoms with E-state index in [1.54, 1.807) is 13.2 Å². The molecule has 3 aromatic rings. The van der Waals surface area contributed by atoms with Crippen LogP contribution in [0.25, 0.3) is 5.78 Å². The van der Waals surface area contributed by atoms with E-state index in [2.05, 4.69) is 31.0 Å². The number of benzene rings is 1. The van der Waals surface area contributed by atoms with E-state index in [1.165, 1.54) is 29.0 Å². The Morgan fingerprint density at radius 2 is 2.19 bits per heavy atom. The lowest BCUT2D eigenvalue weighted by Crippen LogP contribution is -2.02. The summed E-state index contributed by atoms with van der Waals surface area (Å²) in [6.07, 6.45) is 1.38. The maximum atomic E-state index is 13.2. The molecule has 0 bridgehead atoms. The number of ether oxygens (including phenoxy) is 2. The average molecular weight is 353 g/mol. The van der Waals surface area contributed by atoms with Crippen molar-refractivity contribution in [2.45, 2.75) is 6.61 Å². The third-order valence-corrected chi connectivity index (χ3v) is 3.29. The summed E-state index contributed by atoms with van der Waals surface area (Å²) >= 11 is 3.12. The topological polar surface area (TPSA) is 61.5 Å². The third kappa shape index (κ3) is 2.86. The van der Waals surface area contributed by atoms with Crippen molar-refractivity contribution < 1.29 is 13.9 Å². The van der Waals surface area contributed by atoms with Gasteiger partial charge >= 0.3 is 0 Å². The molecule has 0 N–H and O–H groups in total.